The Balaban J connectivity index is 5.19. The van der Waals surface area contributed by atoms with Crippen LogP contribution < -0.4 is 0 Å². The molecule has 1 atom stereocenters. The second-order valence-corrected chi connectivity index (χ2v) is 6.07. The van der Waals surface area contributed by atoms with E-state index in [4.69, 9.17) is 9.79 Å². The first-order chi connectivity index (χ1) is 8.07. The van der Waals surface area contributed by atoms with Crippen LogP contribution in [0.4, 0.5) is 26.3 Å². The maximum Gasteiger partial charge on any atom is 0.403 e. The van der Waals surface area contributed by atoms with Crippen molar-refractivity contribution in [2.75, 3.05) is 7.05 Å². The Hall–Kier alpha value is -0.310. The van der Waals surface area contributed by atoms with Crippen LogP contribution in [-0.2, 0) is 4.57 Å². The first kappa shape index (κ1) is 18.7. The van der Waals surface area contributed by atoms with Gasteiger partial charge in [0.25, 0.3) is 0 Å². The van der Waals surface area contributed by atoms with Gasteiger partial charge in [-0.15, -0.1) is 0 Å². The third kappa shape index (κ3) is 7.14. The van der Waals surface area contributed by atoms with Crippen molar-refractivity contribution in [1.29, 1.82) is 0 Å². The Morgan fingerprint density at radius 2 is 1.42 bits per heavy atom. The minimum absolute atomic E-state index is 0.0409. The van der Waals surface area contributed by atoms with E-state index >= 15 is 0 Å². The minimum atomic E-state index is -5.08. The summed E-state index contributed by atoms with van der Waals surface area (Å²) >= 11 is 0. The number of halogens is 6. The van der Waals surface area contributed by atoms with Crippen LogP contribution in [0.3, 0.4) is 0 Å². The second-order valence-electron chi connectivity index (χ2n) is 4.44. The monoisotopic (exact) mass is 317 g/mol. The van der Waals surface area contributed by atoms with Crippen molar-refractivity contribution in [3.63, 3.8) is 0 Å². The maximum atomic E-state index is 12.4. The molecule has 0 rings (SSSR count). The molecule has 4 nitrogen and oxygen atoms in total. The Bertz CT molecular complexity index is 351. The number of rotatable bonds is 5. The largest absolute Gasteiger partial charge is 0.403 e. The van der Waals surface area contributed by atoms with Crippen molar-refractivity contribution in [2.45, 2.75) is 44.1 Å². The van der Waals surface area contributed by atoms with E-state index in [9.17, 15) is 30.9 Å². The zero-order valence-corrected chi connectivity index (χ0v) is 11.0. The molecule has 1 unspecified atom stereocenters. The van der Waals surface area contributed by atoms with Gasteiger partial charge in [-0.05, 0) is 20.4 Å². The number of nitrogens with zero attached hydrogens (tertiary/aromatic N) is 1. The van der Waals surface area contributed by atoms with Gasteiger partial charge in [-0.25, -0.2) is 9.24 Å². The smallest absolute Gasteiger partial charge is 0.312 e. The third-order valence-corrected chi connectivity index (χ3v) is 3.96. The van der Waals surface area contributed by atoms with E-state index in [2.05, 4.69) is 0 Å². The van der Waals surface area contributed by atoms with Gasteiger partial charge in [-0.2, -0.15) is 26.3 Å². The number of hydrogen-bond donors (Lipinski definition) is 2. The second kappa shape index (κ2) is 5.59. The highest BCUT2D eigenvalue weighted by Crippen LogP contribution is 2.49. The molecule has 11 heteroatoms. The number of hydrogen-bond acceptors (Lipinski definition) is 1. The van der Waals surface area contributed by atoms with Crippen LogP contribution >= 0.6 is 7.75 Å². The molecule has 2 N–H and O–H groups in total. The molecule has 0 aliphatic rings. The Labute approximate surface area is 105 Å². The molecule has 0 heterocycles. The molecule has 0 amide bonds. The topological polar surface area (TPSA) is 60.8 Å². The van der Waals surface area contributed by atoms with E-state index in [1.807, 2.05) is 0 Å². The maximum absolute atomic E-state index is 12.4. The molecule has 0 fully saturated rings. The van der Waals surface area contributed by atoms with Crippen molar-refractivity contribution in [3.05, 3.63) is 0 Å². The summed E-state index contributed by atoms with van der Waals surface area (Å²) in [5.41, 5.74) is -2.34. The van der Waals surface area contributed by atoms with Gasteiger partial charge < -0.3 is 9.79 Å². The summed E-state index contributed by atoms with van der Waals surface area (Å²) in [6.45, 7) is 0.741. The molecule has 0 spiro atoms. The van der Waals surface area contributed by atoms with Gasteiger partial charge in [0.1, 0.15) is 0 Å². The van der Waals surface area contributed by atoms with Crippen molar-refractivity contribution in [1.82, 2.24) is 4.67 Å². The third-order valence-electron chi connectivity index (χ3n) is 2.70. The van der Waals surface area contributed by atoms with Crippen LogP contribution in [0.5, 0.6) is 0 Å². The van der Waals surface area contributed by atoms with Crippen molar-refractivity contribution in [2.24, 2.45) is 0 Å². The molecule has 0 aliphatic heterocycles. The highest BCUT2D eigenvalue weighted by atomic mass is 31.2. The van der Waals surface area contributed by atoms with Crippen LogP contribution in [0, 0.1) is 0 Å². The SMILES string of the molecule is CN(C(C)(CCC(F)(F)F)CC(F)(F)F)P(=O)(O)O. The average Bonchev–Trinajstić information content (AvgIpc) is 2.08. The lowest BCUT2D eigenvalue weighted by Gasteiger charge is -2.39. The fourth-order valence-electron chi connectivity index (χ4n) is 1.52. The minimum Gasteiger partial charge on any atom is -0.312 e. The standard InChI is InChI=1S/C8H14F6NO3P/c1-6(5-8(12,13)14,3-4-7(9,10)11)15(2)19(16,17)18/h3-5H2,1-2H3,(H2,16,17,18). The van der Waals surface area contributed by atoms with Crippen LogP contribution in [0.1, 0.15) is 26.2 Å². The summed E-state index contributed by atoms with van der Waals surface area (Å²) in [6, 6.07) is 0. The first-order valence-corrected chi connectivity index (χ1v) is 6.57. The van der Waals surface area contributed by atoms with Crippen LogP contribution in [0.15, 0.2) is 0 Å². The quantitative estimate of drug-likeness (QED) is 0.604. The van der Waals surface area contributed by atoms with Crippen molar-refractivity contribution < 1.29 is 40.7 Å². The van der Waals surface area contributed by atoms with Crippen molar-refractivity contribution in [3.8, 4) is 0 Å². The van der Waals surface area contributed by atoms with Crippen molar-refractivity contribution >= 4 is 7.75 Å². The molecule has 0 saturated carbocycles. The molecule has 0 aromatic carbocycles. The molecule has 0 bridgehead atoms. The normalized spacial score (nSPS) is 17.6. The highest BCUT2D eigenvalue weighted by Gasteiger charge is 2.48. The molecule has 0 radical (unpaired) electrons. The molecular formula is C8H14F6NO3P. The average molecular weight is 317 g/mol. The van der Waals surface area contributed by atoms with Crippen LogP contribution in [0.25, 0.3) is 0 Å². The molecule has 0 aromatic rings. The van der Waals surface area contributed by atoms with Gasteiger partial charge in [-0.1, -0.05) is 0 Å². The van der Waals surface area contributed by atoms with E-state index in [0.29, 0.717) is 7.05 Å². The molecule has 0 saturated heterocycles. The van der Waals surface area contributed by atoms with Gasteiger partial charge in [0.2, 0.25) is 0 Å². The fourth-order valence-corrected chi connectivity index (χ4v) is 2.32. The molecule has 116 valence electrons. The molecule has 19 heavy (non-hydrogen) atoms. The summed E-state index contributed by atoms with van der Waals surface area (Å²) in [6.07, 6.45) is -13.9. The lowest BCUT2D eigenvalue weighted by atomic mass is 9.91. The fraction of sp³-hybridized carbons (Fsp3) is 1.00. The zero-order chi connectivity index (χ0) is 15.7. The van der Waals surface area contributed by atoms with E-state index in [1.54, 1.807) is 0 Å². The summed E-state index contributed by atoms with van der Waals surface area (Å²) in [4.78, 5) is 17.7. The molecule has 0 aliphatic carbocycles. The summed E-state index contributed by atoms with van der Waals surface area (Å²) in [7, 11) is -4.41. The van der Waals surface area contributed by atoms with Gasteiger partial charge >= 0.3 is 20.1 Å². The molecular weight excluding hydrogens is 303 g/mol. The van der Waals surface area contributed by atoms with Crippen LogP contribution in [-0.4, -0.2) is 39.4 Å². The summed E-state index contributed by atoms with van der Waals surface area (Å²) in [5.74, 6) is 0. The number of alkyl halides is 6. The Morgan fingerprint density at radius 1 is 1.00 bits per heavy atom. The van der Waals surface area contributed by atoms with Crippen LogP contribution in [0.2, 0.25) is 0 Å². The summed E-state index contributed by atoms with van der Waals surface area (Å²) in [5, 5.41) is 0. The zero-order valence-electron chi connectivity index (χ0n) is 10.1. The van der Waals surface area contributed by atoms with E-state index in [-0.39, 0.29) is 4.67 Å². The predicted octanol–water partition coefficient (Wildman–Crippen LogP) is 3.06. The first-order valence-electron chi connectivity index (χ1n) is 5.00. The Kier molecular flexibility index (Phi) is 5.50. The molecule has 0 aromatic heterocycles. The van der Waals surface area contributed by atoms with Gasteiger partial charge in [-0.3, -0.25) is 0 Å². The van der Waals surface area contributed by atoms with Gasteiger partial charge in [0.05, 0.1) is 6.42 Å². The van der Waals surface area contributed by atoms with Gasteiger partial charge in [0, 0.05) is 12.0 Å². The lowest BCUT2D eigenvalue weighted by molar-refractivity contribution is -0.168. The van der Waals surface area contributed by atoms with Gasteiger partial charge in [0.15, 0.2) is 0 Å². The Morgan fingerprint density at radius 3 is 1.68 bits per heavy atom. The van der Waals surface area contributed by atoms with E-state index in [0.717, 1.165) is 6.92 Å². The van der Waals surface area contributed by atoms with E-state index < -0.39 is 44.9 Å². The summed E-state index contributed by atoms with van der Waals surface area (Å²) < 4.78 is 84.3. The highest BCUT2D eigenvalue weighted by molar-refractivity contribution is 7.49. The predicted molar refractivity (Wildman–Crippen MR) is 54.2 cm³/mol. The lowest BCUT2D eigenvalue weighted by Crippen LogP contribution is -2.45. The van der Waals surface area contributed by atoms with E-state index in [1.165, 1.54) is 0 Å².